The van der Waals surface area contributed by atoms with E-state index in [0.29, 0.717) is 25.0 Å². The van der Waals surface area contributed by atoms with Crippen molar-refractivity contribution in [3.63, 3.8) is 0 Å². The number of nitrogens with zero attached hydrogens (tertiary/aromatic N) is 1. The van der Waals surface area contributed by atoms with Gasteiger partial charge in [0, 0.05) is 19.2 Å². The summed E-state index contributed by atoms with van der Waals surface area (Å²) in [6.07, 6.45) is 10.7. The van der Waals surface area contributed by atoms with Crippen LogP contribution in [0, 0.1) is 0 Å². The third-order valence-corrected chi connectivity index (χ3v) is 6.12. The molecule has 0 atom stereocenters. The Morgan fingerprint density at radius 1 is 0.960 bits per heavy atom. The molecule has 0 saturated carbocycles. The lowest BCUT2D eigenvalue weighted by Gasteiger charge is -2.17. The summed E-state index contributed by atoms with van der Waals surface area (Å²) in [5.74, 6) is -0.319. The zero-order chi connectivity index (χ0) is 19.1. The highest BCUT2D eigenvalue weighted by Gasteiger charge is 2.16. The first-order chi connectivity index (χ1) is 11.8. The molecule has 0 aliphatic heterocycles. The van der Waals surface area contributed by atoms with Crippen LogP contribution in [0.5, 0.6) is 0 Å². The van der Waals surface area contributed by atoms with Crippen molar-refractivity contribution in [2.24, 2.45) is 0 Å². The molecule has 0 amide bonds. The molecule has 5 nitrogen and oxygen atoms in total. The molecule has 0 unspecified atom stereocenters. The van der Waals surface area contributed by atoms with Crippen LogP contribution < -0.4 is 0 Å². The second-order valence-electron chi connectivity index (χ2n) is 6.74. The highest BCUT2D eigenvalue weighted by molar-refractivity contribution is 7.89. The molecule has 0 aliphatic rings. The number of hydrogen-bond acceptors (Lipinski definition) is 4. The lowest BCUT2D eigenvalue weighted by atomic mass is 10.1. The van der Waals surface area contributed by atoms with Crippen LogP contribution in [0.25, 0.3) is 0 Å². The Hall–Kier alpha value is -0.880. The molecule has 0 fully saturated rings. The van der Waals surface area contributed by atoms with Crippen molar-refractivity contribution >= 4 is 16.0 Å². The van der Waals surface area contributed by atoms with Crippen LogP contribution in [0.3, 0.4) is 0 Å². The van der Waals surface area contributed by atoms with Crippen LogP contribution in [0.2, 0.25) is 0 Å². The van der Waals surface area contributed by atoms with Crippen molar-refractivity contribution in [1.29, 1.82) is 0 Å². The highest BCUT2D eigenvalue weighted by Crippen LogP contribution is 2.10. The summed E-state index contributed by atoms with van der Waals surface area (Å²) in [7, 11) is -1.56. The van der Waals surface area contributed by atoms with Crippen molar-refractivity contribution < 1.29 is 17.9 Å². The maximum atomic E-state index is 12.2. The van der Waals surface area contributed by atoms with Gasteiger partial charge in [0.15, 0.2) is 0 Å². The molecule has 0 aromatic heterocycles. The molecule has 0 bridgehead atoms. The Morgan fingerprint density at radius 3 is 2.08 bits per heavy atom. The van der Waals surface area contributed by atoms with E-state index in [4.69, 9.17) is 4.74 Å². The summed E-state index contributed by atoms with van der Waals surface area (Å²) < 4.78 is 30.8. The summed E-state index contributed by atoms with van der Waals surface area (Å²) in [5, 5.41) is 0. The van der Waals surface area contributed by atoms with E-state index < -0.39 is 16.0 Å². The van der Waals surface area contributed by atoms with E-state index in [1.165, 1.54) is 42.8 Å². The second-order valence-corrected chi connectivity index (χ2v) is 8.93. The van der Waals surface area contributed by atoms with Crippen LogP contribution in [0.4, 0.5) is 0 Å². The molecule has 0 aromatic carbocycles. The molecular formula is C19H37NO4S. The molecule has 0 aromatic rings. The maximum Gasteiger partial charge on any atom is 0.333 e. The maximum absolute atomic E-state index is 12.2. The molecule has 0 aliphatic carbocycles. The predicted octanol–water partition coefficient (Wildman–Crippen LogP) is 4.29. The first-order valence-corrected chi connectivity index (χ1v) is 11.2. The second kappa shape index (κ2) is 14.3. The molecule has 0 saturated heterocycles. The third kappa shape index (κ3) is 13.0. The number of esters is 1. The van der Waals surface area contributed by atoms with E-state index in [1.54, 1.807) is 14.0 Å². The smallest absolute Gasteiger partial charge is 0.333 e. The Morgan fingerprint density at radius 2 is 1.52 bits per heavy atom. The first kappa shape index (κ1) is 24.1. The topological polar surface area (TPSA) is 63.7 Å². The minimum atomic E-state index is -3.21. The van der Waals surface area contributed by atoms with Crippen LogP contribution in [0.1, 0.15) is 78.1 Å². The Bertz CT molecular complexity index is 474. The summed E-state index contributed by atoms with van der Waals surface area (Å²) in [6.45, 7) is 8.13. The van der Waals surface area contributed by atoms with Gasteiger partial charge in [-0.2, -0.15) is 0 Å². The number of sulfonamides is 1. The summed E-state index contributed by atoms with van der Waals surface area (Å²) in [6, 6.07) is 0. The monoisotopic (exact) mass is 375 g/mol. The van der Waals surface area contributed by atoms with Gasteiger partial charge in [0.05, 0.1) is 12.4 Å². The number of rotatable bonds is 16. The normalized spacial score (nSPS) is 11.7. The molecular weight excluding hydrogens is 338 g/mol. The standard InChI is InChI=1S/C19H37NO4S/c1-5-6-7-8-9-10-11-12-15-20(4)25(22,23)17-14-13-16-24-19(21)18(2)3/h2,5-17H2,1,3-4H3. The molecule has 0 radical (unpaired) electrons. The number of ether oxygens (including phenoxy) is 1. The number of hydrogen-bond donors (Lipinski definition) is 0. The van der Waals surface area contributed by atoms with Gasteiger partial charge >= 0.3 is 5.97 Å². The summed E-state index contributed by atoms with van der Waals surface area (Å²) in [4.78, 5) is 11.2. The molecule has 0 rings (SSSR count). The minimum absolute atomic E-state index is 0.102. The Kier molecular flexibility index (Phi) is 13.8. The van der Waals surface area contributed by atoms with Gasteiger partial charge < -0.3 is 4.74 Å². The summed E-state index contributed by atoms with van der Waals surface area (Å²) >= 11 is 0. The number of carbonyl (C=O) groups is 1. The molecule has 6 heteroatoms. The van der Waals surface area contributed by atoms with Gasteiger partial charge in [-0.1, -0.05) is 58.4 Å². The van der Waals surface area contributed by atoms with Gasteiger partial charge in [0.25, 0.3) is 0 Å². The SMILES string of the molecule is C=C(C)C(=O)OCCCCS(=O)(=O)N(C)CCCCCCCCCC. The largest absolute Gasteiger partial charge is 0.462 e. The average molecular weight is 376 g/mol. The molecule has 148 valence electrons. The lowest BCUT2D eigenvalue weighted by molar-refractivity contribution is -0.139. The van der Waals surface area contributed by atoms with Crippen molar-refractivity contribution in [2.75, 3.05) is 26.0 Å². The van der Waals surface area contributed by atoms with Crippen molar-refractivity contribution in [3.05, 3.63) is 12.2 Å². The van der Waals surface area contributed by atoms with E-state index in [1.807, 2.05) is 0 Å². The average Bonchev–Trinajstić information content (AvgIpc) is 2.56. The zero-order valence-corrected chi connectivity index (χ0v) is 17.2. The number of carbonyl (C=O) groups excluding carboxylic acids is 1. The van der Waals surface area contributed by atoms with E-state index in [0.717, 1.165) is 12.8 Å². The van der Waals surface area contributed by atoms with Gasteiger partial charge in [-0.25, -0.2) is 17.5 Å². The van der Waals surface area contributed by atoms with E-state index in [2.05, 4.69) is 13.5 Å². The Balaban J connectivity index is 3.74. The van der Waals surface area contributed by atoms with Gasteiger partial charge in [0.1, 0.15) is 0 Å². The van der Waals surface area contributed by atoms with E-state index >= 15 is 0 Å². The molecule has 25 heavy (non-hydrogen) atoms. The fourth-order valence-electron chi connectivity index (χ4n) is 2.44. The highest BCUT2D eigenvalue weighted by atomic mass is 32.2. The number of unbranched alkanes of at least 4 members (excludes halogenated alkanes) is 8. The van der Waals surface area contributed by atoms with Crippen molar-refractivity contribution in [3.8, 4) is 0 Å². The summed E-state index contributed by atoms with van der Waals surface area (Å²) in [5.41, 5.74) is 0.359. The van der Waals surface area contributed by atoms with Crippen LogP contribution in [0.15, 0.2) is 12.2 Å². The van der Waals surface area contributed by atoms with Crippen molar-refractivity contribution in [2.45, 2.75) is 78.1 Å². The van der Waals surface area contributed by atoms with Gasteiger partial charge in [-0.3, -0.25) is 0 Å². The van der Waals surface area contributed by atoms with Crippen LogP contribution in [-0.2, 0) is 19.6 Å². The van der Waals surface area contributed by atoms with Crippen LogP contribution >= 0.6 is 0 Å². The molecule has 0 N–H and O–H groups in total. The predicted molar refractivity (Wildman–Crippen MR) is 104 cm³/mol. The fourth-order valence-corrected chi connectivity index (χ4v) is 3.73. The van der Waals surface area contributed by atoms with Gasteiger partial charge in [-0.05, 0) is 26.2 Å². The van der Waals surface area contributed by atoms with Crippen LogP contribution in [-0.4, -0.2) is 44.6 Å². The van der Waals surface area contributed by atoms with Crippen molar-refractivity contribution in [1.82, 2.24) is 4.31 Å². The third-order valence-electron chi connectivity index (χ3n) is 4.18. The Labute approximate surface area is 154 Å². The van der Waals surface area contributed by atoms with Gasteiger partial charge in [-0.15, -0.1) is 0 Å². The fraction of sp³-hybridized carbons (Fsp3) is 0.842. The quantitative estimate of drug-likeness (QED) is 0.229. The van der Waals surface area contributed by atoms with E-state index in [9.17, 15) is 13.2 Å². The minimum Gasteiger partial charge on any atom is -0.462 e. The molecule has 0 heterocycles. The van der Waals surface area contributed by atoms with E-state index in [-0.39, 0.29) is 12.4 Å². The first-order valence-electron chi connectivity index (χ1n) is 9.58. The zero-order valence-electron chi connectivity index (χ0n) is 16.4. The lowest BCUT2D eigenvalue weighted by Crippen LogP contribution is -2.30. The molecule has 0 spiro atoms. The van der Waals surface area contributed by atoms with Gasteiger partial charge in [0.2, 0.25) is 10.0 Å².